The molecule has 17 heavy (non-hydrogen) atoms. The summed E-state index contributed by atoms with van der Waals surface area (Å²) in [5, 5.41) is 2.57. The van der Waals surface area contributed by atoms with Crippen LogP contribution in [0.5, 0.6) is 0 Å². The second kappa shape index (κ2) is 6.36. The summed E-state index contributed by atoms with van der Waals surface area (Å²) < 4.78 is 0.710. The van der Waals surface area contributed by atoms with Crippen molar-refractivity contribution in [2.45, 2.75) is 6.92 Å². The first-order valence-corrected chi connectivity index (χ1v) is 5.86. The fraction of sp³-hybridized carbons (Fsp3) is 0.444. The van der Waals surface area contributed by atoms with Gasteiger partial charge in [-0.05, 0) is 22.9 Å². The molecular weight excluding hydrogens is 288 g/mol. The van der Waals surface area contributed by atoms with Crippen molar-refractivity contribution >= 4 is 33.6 Å². The molecule has 1 rings (SSSR count). The smallest absolute Gasteiger partial charge is 0.239 e. The van der Waals surface area contributed by atoms with Gasteiger partial charge in [0.05, 0.1) is 11.0 Å². The number of nitrogens with one attached hydrogen (secondary N) is 2. The van der Waals surface area contributed by atoms with E-state index < -0.39 is 0 Å². The van der Waals surface area contributed by atoms with E-state index in [9.17, 15) is 4.79 Å². The number of aromatic nitrogens is 2. The van der Waals surface area contributed by atoms with Crippen LogP contribution in [0.1, 0.15) is 6.92 Å². The molecule has 0 atom stereocenters. The van der Waals surface area contributed by atoms with Crippen molar-refractivity contribution in [3.63, 3.8) is 0 Å². The third kappa shape index (κ3) is 3.53. The van der Waals surface area contributed by atoms with Crippen molar-refractivity contribution in [2.24, 2.45) is 5.84 Å². The van der Waals surface area contributed by atoms with E-state index in [-0.39, 0.29) is 12.5 Å². The third-order valence-corrected chi connectivity index (χ3v) is 2.71. The Labute approximate surface area is 108 Å². The van der Waals surface area contributed by atoms with E-state index in [4.69, 9.17) is 5.84 Å². The lowest BCUT2D eigenvalue weighted by Gasteiger charge is -2.22. The Kier molecular flexibility index (Phi) is 5.11. The molecule has 4 N–H and O–H groups in total. The van der Waals surface area contributed by atoms with Gasteiger partial charge in [-0.3, -0.25) is 10.2 Å². The van der Waals surface area contributed by atoms with Gasteiger partial charge in [0.1, 0.15) is 5.82 Å². The number of halogens is 1. The van der Waals surface area contributed by atoms with Crippen molar-refractivity contribution in [1.82, 2.24) is 15.3 Å². The molecule has 94 valence electrons. The average Bonchev–Trinajstić information content (AvgIpc) is 2.36. The van der Waals surface area contributed by atoms with E-state index in [1.807, 2.05) is 11.8 Å². The van der Waals surface area contributed by atoms with E-state index in [1.54, 1.807) is 13.2 Å². The van der Waals surface area contributed by atoms with Crippen molar-refractivity contribution < 1.29 is 4.79 Å². The van der Waals surface area contributed by atoms with Gasteiger partial charge in [-0.25, -0.2) is 10.8 Å². The molecule has 0 spiro atoms. The zero-order valence-electron chi connectivity index (χ0n) is 9.70. The standard InChI is InChI=1S/C9H15BrN6O/c1-3-16(5-7(17)12-2)8-6(10)4-13-9(14-8)15-11/h4H,3,5,11H2,1-2H3,(H,12,17)(H,13,14,15). The molecule has 0 saturated carbocycles. The minimum Gasteiger partial charge on any atom is -0.358 e. The van der Waals surface area contributed by atoms with Crippen LogP contribution in [0.15, 0.2) is 10.7 Å². The van der Waals surface area contributed by atoms with Gasteiger partial charge in [-0.2, -0.15) is 4.98 Å². The Hall–Kier alpha value is -1.41. The van der Waals surface area contributed by atoms with Crippen LogP contribution in [0.25, 0.3) is 0 Å². The summed E-state index contributed by atoms with van der Waals surface area (Å²) in [6.07, 6.45) is 1.59. The predicted molar refractivity (Wildman–Crippen MR) is 69.5 cm³/mol. The Bertz CT molecular complexity index is 399. The number of hydrogen-bond acceptors (Lipinski definition) is 6. The minimum absolute atomic E-state index is 0.0837. The van der Waals surface area contributed by atoms with Crippen LogP contribution < -0.4 is 21.5 Å². The number of hydrogen-bond donors (Lipinski definition) is 3. The van der Waals surface area contributed by atoms with Crippen LogP contribution in [0.4, 0.5) is 11.8 Å². The van der Waals surface area contributed by atoms with Crippen LogP contribution >= 0.6 is 15.9 Å². The zero-order chi connectivity index (χ0) is 12.8. The molecule has 1 heterocycles. The average molecular weight is 303 g/mol. The molecule has 1 aromatic heterocycles. The highest BCUT2D eigenvalue weighted by Crippen LogP contribution is 2.23. The number of hydrazine groups is 1. The van der Waals surface area contributed by atoms with Gasteiger partial charge in [0.15, 0.2) is 0 Å². The lowest BCUT2D eigenvalue weighted by atomic mass is 10.4. The number of likely N-dealkylation sites (N-methyl/N-ethyl adjacent to an activating group) is 2. The van der Waals surface area contributed by atoms with Crippen LogP contribution in [0.3, 0.4) is 0 Å². The van der Waals surface area contributed by atoms with E-state index in [1.165, 1.54) is 0 Å². The van der Waals surface area contributed by atoms with E-state index in [2.05, 4.69) is 36.6 Å². The number of nitrogens with two attached hydrogens (primary N) is 1. The molecule has 0 aliphatic rings. The normalized spacial score (nSPS) is 9.88. The van der Waals surface area contributed by atoms with Gasteiger partial charge in [0.25, 0.3) is 0 Å². The quantitative estimate of drug-likeness (QED) is 0.527. The fourth-order valence-electron chi connectivity index (χ4n) is 1.24. The van der Waals surface area contributed by atoms with Gasteiger partial charge >= 0.3 is 0 Å². The summed E-state index contributed by atoms with van der Waals surface area (Å²) in [5.41, 5.74) is 2.37. The molecule has 0 aliphatic carbocycles. The van der Waals surface area contributed by atoms with E-state index in [0.717, 1.165) is 0 Å². The number of nitrogen functional groups attached to an aromatic ring is 1. The summed E-state index contributed by atoms with van der Waals surface area (Å²) in [4.78, 5) is 21.3. The van der Waals surface area contributed by atoms with E-state index in [0.29, 0.717) is 22.8 Å². The predicted octanol–water partition coefficient (Wildman–Crippen LogP) is 0.0970. The van der Waals surface area contributed by atoms with Gasteiger partial charge in [-0.1, -0.05) is 0 Å². The summed E-state index contributed by atoms with van der Waals surface area (Å²) in [7, 11) is 1.60. The number of amides is 1. The third-order valence-electron chi connectivity index (χ3n) is 2.15. The molecule has 7 nitrogen and oxygen atoms in total. The highest BCUT2D eigenvalue weighted by Gasteiger charge is 2.14. The Morgan fingerprint density at radius 3 is 2.88 bits per heavy atom. The number of anilines is 2. The van der Waals surface area contributed by atoms with Crippen molar-refractivity contribution in [1.29, 1.82) is 0 Å². The second-order valence-electron chi connectivity index (χ2n) is 3.20. The first kappa shape index (κ1) is 13.7. The van der Waals surface area contributed by atoms with Crippen molar-refractivity contribution in [2.75, 3.05) is 30.5 Å². The van der Waals surface area contributed by atoms with Crippen LogP contribution in [0.2, 0.25) is 0 Å². The number of carbonyl (C=O) groups excluding carboxylic acids is 1. The van der Waals surface area contributed by atoms with Gasteiger partial charge in [0, 0.05) is 19.8 Å². The molecular formula is C9H15BrN6O. The first-order valence-electron chi connectivity index (χ1n) is 5.07. The molecule has 1 aromatic rings. The Morgan fingerprint density at radius 2 is 2.35 bits per heavy atom. The van der Waals surface area contributed by atoms with Gasteiger partial charge < -0.3 is 10.2 Å². The highest BCUT2D eigenvalue weighted by molar-refractivity contribution is 9.10. The van der Waals surface area contributed by atoms with Crippen molar-refractivity contribution in [3.05, 3.63) is 10.7 Å². The van der Waals surface area contributed by atoms with Crippen molar-refractivity contribution in [3.8, 4) is 0 Å². The summed E-state index contributed by atoms with van der Waals surface area (Å²) in [5.74, 6) is 6.09. The maximum atomic E-state index is 11.4. The molecule has 0 unspecified atom stereocenters. The molecule has 0 saturated heterocycles. The number of carbonyl (C=O) groups is 1. The van der Waals surface area contributed by atoms with Crippen LogP contribution in [0, 0.1) is 0 Å². The minimum atomic E-state index is -0.0837. The number of rotatable bonds is 5. The summed E-state index contributed by atoms with van der Waals surface area (Å²) in [6, 6.07) is 0. The first-order chi connectivity index (χ1) is 8.12. The molecule has 8 heteroatoms. The molecule has 0 aromatic carbocycles. The highest BCUT2D eigenvalue weighted by atomic mass is 79.9. The largest absolute Gasteiger partial charge is 0.358 e. The Balaban J connectivity index is 2.97. The summed E-state index contributed by atoms with van der Waals surface area (Å²) in [6.45, 7) is 2.81. The molecule has 0 bridgehead atoms. The van der Waals surface area contributed by atoms with Crippen LogP contribution in [-0.2, 0) is 4.79 Å². The number of nitrogens with zero attached hydrogens (tertiary/aromatic N) is 3. The molecule has 0 aliphatic heterocycles. The zero-order valence-corrected chi connectivity index (χ0v) is 11.3. The maximum Gasteiger partial charge on any atom is 0.239 e. The van der Waals surface area contributed by atoms with Crippen LogP contribution in [-0.4, -0.2) is 36.0 Å². The Morgan fingerprint density at radius 1 is 1.65 bits per heavy atom. The monoisotopic (exact) mass is 302 g/mol. The molecule has 0 fully saturated rings. The fourth-order valence-corrected chi connectivity index (χ4v) is 1.68. The lowest BCUT2D eigenvalue weighted by molar-refractivity contribution is -0.119. The summed E-state index contributed by atoms with van der Waals surface area (Å²) >= 11 is 3.35. The van der Waals surface area contributed by atoms with Gasteiger partial charge in [-0.15, -0.1) is 0 Å². The molecule has 0 radical (unpaired) electrons. The molecule has 1 amide bonds. The van der Waals surface area contributed by atoms with Gasteiger partial charge in [0.2, 0.25) is 11.9 Å². The maximum absolute atomic E-state index is 11.4. The topological polar surface area (TPSA) is 96.2 Å². The second-order valence-corrected chi connectivity index (χ2v) is 4.05. The SMILES string of the molecule is CCN(CC(=O)NC)c1nc(NN)ncc1Br. The lowest BCUT2D eigenvalue weighted by Crippen LogP contribution is -2.36. The van der Waals surface area contributed by atoms with E-state index >= 15 is 0 Å².